The van der Waals surface area contributed by atoms with E-state index in [-0.39, 0.29) is 11.3 Å². The van der Waals surface area contributed by atoms with Crippen molar-refractivity contribution in [1.29, 1.82) is 0 Å². The Morgan fingerprint density at radius 3 is 2.67 bits per heavy atom. The number of nitrogens with zero attached hydrogens (tertiary/aromatic N) is 5. The van der Waals surface area contributed by atoms with Crippen molar-refractivity contribution >= 4 is 11.8 Å². The second-order valence-electron chi connectivity index (χ2n) is 10.3. The van der Waals surface area contributed by atoms with E-state index < -0.39 is 11.7 Å². The fraction of sp³-hybridized carbons (Fsp3) is 0.414. The smallest absolute Gasteiger partial charge is 0.416 e. The monoisotopic (exact) mass is 555 g/mol. The first kappa shape index (κ1) is 27.5. The van der Waals surface area contributed by atoms with Gasteiger partial charge in [0, 0.05) is 30.5 Å². The predicted octanol–water partition coefficient (Wildman–Crippen LogP) is 6.95. The van der Waals surface area contributed by atoms with Crippen molar-refractivity contribution in [3.05, 3.63) is 72.7 Å². The summed E-state index contributed by atoms with van der Waals surface area (Å²) in [6, 6.07) is 7.91. The van der Waals surface area contributed by atoms with Crippen molar-refractivity contribution in [1.82, 2.24) is 24.6 Å². The van der Waals surface area contributed by atoms with E-state index in [4.69, 9.17) is 4.42 Å². The second-order valence-corrected chi connectivity index (χ2v) is 11.3. The molecule has 2 fully saturated rings. The molecule has 1 saturated carbocycles. The number of oxazole rings is 1. The third-order valence-corrected chi connectivity index (χ3v) is 8.83. The number of likely N-dealkylation sites (tertiary alicyclic amines) is 1. The molecule has 1 aliphatic heterocycles. The number of halogens is 3. The van der Waals surface area contributed by atoms with Crippen LogP contribution < -0.4 is 0 Å². The number of hydrogen-bond acceptors (Lipinski definition) is 6. The van der Waals surface area contributed by atoms with Gasteiger partial charge < -0.3 is 13.9 Å². The number of benzene rings is 1. The molecule has 0 radical (unpaired) electrons. The van der Waals surface area contributed by atoms with Gasteiger partial charge in [0.15, 0.2) is 11.0 Å². The topological polar surface area (TPSA) is 60.0 Å². The lowest BCUT2D eigenvalue weighted by Gasteiger charge is -2.16. The highest BCUT2D eigenvalue weighted by Gasteiger charge is 2.57. The minimum Gasteiger partial charge on any atom is -0.445 e. The lowest BCUT2D eigenvalue weighted by atomic mass is 9.98. The number of hydrogen-bond donors (Lipinski definition) is 0. The van der Waals surface area contributed by atoms with E-state index in [2.05, 4.69) is 26.7 Å². The molecule has 0 bridgehead atoms. The van der Waals surface area contributed by atoms with Gasteiger partial charge in [0.2, 0.25) is 5.89 Å². The standard InChI is InChI=1S/C29H32F3N5OS/c1-4-23(29(30,31)32)11-6-20(2)24-18-28(24)12-15-37(19-28)14-5-17-39-27-35-34-25(36(27)3)21-7-9-22(10-8-21)26-33-13-16-38-26/h4,6-11,13,16,24H,2,5,12,14-15,17-19H2,1,3H3/b11-6-,23-4+/t24-,28+/m1/s1. The molecule has 10 heteroatoms. The molecule has 2 aromatic heterocycles. The minimum absolute atomic E-state index is 0.184. The molecule has 0 N–H and O–H groups in total. The van der Waals surface area contributed by atoms with Crippen LogP contribution in [0.5, 0.6) is 0 Å². The predicted molar refractivity (Wildman–Crippen MR) is 147 cm³/mol. The van der Waals surface area contributed by atoms with Crippen LogP contribution in [0.2, 0.25) is 0 Å². The summed E-state index contributed by atoms with van der Waals surface area (Å²) < 4.78 is 46.3. The molecule has 1 spiro atoms. The van der Waals surface area contributed by atoms with Crippen LogP contribution in [0.25, 0.3) is 22.8 Å². The van der Waals surface area contributed by atoms with E-state index in [1.807, 2.05) is 35.9 Å². The number of thioether (sulfide) groups is 1. The average Bonchev–Trinajstić information content (AvgIpc) is 3.28. The molecule has 0 amide bonds. The lowest BCUT2D eigenvalue weighted by molar-refractivity contribution is -0.0883. The molecule has 2 aliphatic rings. The lowest BCUT2D eigenvalue weighted by Crippen LogP contribution is -2.23. The second kappa shape index (κ2) is 11.2. The van der Waals surface area contributed by atoms with E-state index in [1.54, 1.807) is 30.3 Å². The third-order valence-electron chi connectivity index (χ3n) is 7.72. The normalized spacial score (nSPS) is 21.9. The highest BCUT2D eigenvalue weighted by Crippen LogP contribution is 2.61. The van der Waals surface area contributed by atoms with Gasteiger partial charge in [-0.3, -0.25) is 0 Å². The molecule has 39 heavy (non-hydrogen) atoms. The van der Waals surface area contributed by atoms with Gasteiger partial charge in [0.1, 0.15) is 6.26 Å². The molecule has 6 nitrogen and oxygen atoms in total. The zero-order chi connectivity index (χ0) is 27.6. The van der Waals surface area contributed by atoms with Crippen molar-refractivity contribution in [3.63, 3.8) is 0 Å². The van der Waals surface area contributed by atoms with E-state index in [9.17, 15) is 13.2 Å². The number of alkyl halides is 3. The fourth-order valence-electron chi connectivity index (χ4n) is 5.44. The molecule has 3 heterocycles. The maximum atomic E-state index is 13.0. The minimum atomic E-state index is -4.33. The van der Waals surface area contributed by atoms with Crippen LogP contribution in [0.1, 0.15) is 26.2 Å². The van der Waals surface area contributed by atoms with E-state index >= 15 is 0 Å². The Labute approximate surface area is 230 Å². The summed E-state index contributed by atoms with van der Waals surface area (Å²) in [5.41, 5.74) is 2.25. The van der Waals surface area contributed by atoms with Gasteiger partial charge in [0.05, 0.1) is 11.8 Å². The highest BCUT2D eigenvalue weighted by atomic mass is 32.2. The summed E-state index contributed by atoms with van der Waals surface area (Å²) >= 11 is 1.70. The highest BCUT2D eigenvalue weighted by molar-refractivity contribution is 7.99. The Morgan fingerprint density at radius 2 is 1.97 bits per heavy atom. The first-order valence-electron chi connectivity index (χ1n) is 13.1. The summed E-state index contributed by atoms with van der Waals surface area (Å²) in [4.78, 5) is 6.65. The van der Waals surface area contributed by atoms with Crippen molar-refractivity contribution < 1.29 is 17.6 Å². The van der Waals surface area contributed by atoms with Gasteiger partial charge in [-0.05, 0) is 62.7 Å². The fourth-order valence-corrected chi connectivity index (χ4v) is 6.27. The summed E-state index contributed by atoms with van der Waals surface area (Å²) in [7, 11) is 1.98. The zero-order valence-corrected chi connectivity index (χ0v) is 22.9. The summed E-state index contributed by atoms with van der Waals surface area (Å²) in [5, 5.41) is 9.66. The molecule has 206 valence electrons. The van der Waals surface area contributed by atoms with Crippen LogP contribution in [-0.4, -0.2) is 56.2 Å². The van der Waals surface area contributed by atoms with Crippen LogP contribution in [0.3, 0.4) is 0 Å². The van der Waals surface area contributed by atoms with Gasteiger partial charge in [0.25, 0.3) is 0 Å². The molecular weight excluding hydrogens is 523 g/mol. The van der Waals surface area contributed by atoms with Gasteiger partial charge in [-0.15, -0.1) is 10.2 Å². The molecule has 1 aromatic carbocycles. The van der Waals surface area contributed by atoms with Gasteiger partial charge in [-0.25, -0.2) is 4.98 Å². The van der Waals surface area contributed by atoms with Gasteiger partial charge >= 0.3 is 6.18 Å². The average molecular weight is 556 g/mol. The van der Waals surface area contributed by atoms with E-state index in [0.717, 1.165) is 84.5 Å². The van der Waals surface area contributed by atoms with Crippen LogP contribution in [0, 0.1) is 11.3 Å². The number of allylic oxidation sites excluding steroid dienone is 5. The molecule has 1 aliphatic carbocycles. The maximum absolute atomic E-state index is 13.0. The first-order chi connectivity index (χ1) is 18.7. The Hall–Kier alpha value is -3.11. The van der Waals surface area contributed by atoms with Crippen molar-refractivity contribution in [3.8, 4) is 22.8 Å². The van der Waals surface area contributed by atoms with Gasteiger partial charge in [-0.2, -0.15) is 13.2 Å². The van der Waals surface area contributed by atoms with Crippen LogP contribution in [0.15, 0.2) is 82.3 Å². The maximum Gasteiger partial charge on any atom is 0.416 e. The summed E-state index contributed by atoms with van der Waals surface area (Å²) in [6.07, 6.45) is 5.78. The largest absolute Gasteiger partial charge is 0.445 e. The number of rotatable bonds is 10. The molecule has 1 saturated heterocycles. The van der Waals surface area contributed by atoms with Crippen LogP contribution >= 0.6 is 11.8 Å². The number of aromatic nitrogens is 4. The van der Waals surface area contributed by atoms with Crippen LogP contribution in [0.4, 0.5) is 13.2 Å². The Bertz CT molecular complexity index is 1360. The van der Waals surface area contributed by atoms with Gasteiger partial charge in [-0.1, -0.05) is 54.3 Å². The summed E-state index contributed by atoms with van der Waals surface area (Å²) in [6.45, 7) is 8.50. The Balaban J connectivity index is 1.07. The molecular formula is C29H32F3N5OS. The van der Waals surface area contributed by atoms with Crippen LogP contribution in [-0.2, 0) is 7.05 Å². The quantitative estimate of drug-likeness (QED) is 0.153. The molecule has 2 atom stereocenters. The molecule has 5 rings (SSSR count). The Morgan fingerprint density at radius 1 is 1.21 bits per heavy atom. The zero-order valence-electron chi connectivity index (χ0n) is 22.1. The first-order valence-corrected chi connectivity index (χ1v) is 14.0. The van der Waals surface area contributed by atoms with Crippen molar-refractivity contribution in [2.24, 2.45) is 18.4 Å². The Kier molecular flexibility index (Phi) is 7.87. The van der Waals surface area contributed by atoms with Crippen molar-refractivity contribution in [2.45, 2.75) is 37.5 Å². The van der Waals surface area contributed by atoms with E-state index in [0.29, 0.717) is 5.89 Å². The summed E-state index contributed by atoms with van der Waals surface area (Å²) in [5.74, 6) is 2.60. The SMILES string of the molecule is C=C(/C=C\C(=C/C)C(F)(F)F)[C@H]1C[C@]12CCN(CCCSc1nnc(-c3ccc(-c4ncco4)cc3)n1C)C2. The molecule has 0 unspecified atom stereocenters. The van der Waals surface area contributed by atoms with E-state index in [1.165, 1.54) is 6.92 Å². The van der Waals surface area contributed by atoms with Crippen molar-refractivity contribution in [2.75, 3.05) is 25.4 Å². The third kappa shape index (κ3) is 6.06. The molecule has 3 aromatic rings.